The zero-order valence-corrected chi connectivity index (χ0v) is 24.5. The summed E-state index contributed by atoms with van der Waals surface area (Å²) in [6.45, 7) is 5.79. The van der Waals surface area contributed by atoms with Crippen molar-refractivity contribution >= 4 is 23.5 Å². The van der Waals surface area contributed by atoms with Gasteiger partial charge in [-0.15, -0.1) is 0 Å². The second-order valence-corrected chi connectivity index (χ2v) is 11.8. The van der Waals surface area contributed by atoms with Crippen molar-refractivity contribution in [3.05, 3.63) is 81.4 Å². The minimum Gasteiger partial charge on any atom is -0.495 e. The summed E-state index contributed by atoms with van der Waals surface area (Å²) in [4.78, 5) is 27.2. The Morgan fingerprint density at radius 2 is 1.80 bits per heavy atom. The molecule has 0 bridgehead atoms. The Bertz CT molecular complexity index is 1460. The van der Waals surface area contributed by atoms with E-state index in [0.717, 1.165) is 24.0 Å². The van der Waals surface area contributed by atoms with Crippen molar-refractivity contribution in [2.75, 3.05) is 7.11 Å². The monoisotopic (exact) mass is 578 g/mol. The number of aliphatic hydroxyl groups is 1. The quantitative estimate of drug-likeness (QED) is 0.228. The number of aryl methyl sites for hydroxylation is 1. The molecule has 0 saturated heterocycles. The van der Waals surface area contributed by atoms with Gasteiger partial charge in [-0.25, -0.2) is 4.79 Å². The highest BCUT2D eigenvalue weighted by atomic mass is 35.5. The predicted molar refractivity (Wildman–Crippen MR) is 155 cm³/mol. The molecule has 1 N–H and O–H groups in total. The molecule has 0 spiro atoms. The van der Waals surface area contributed by atoms with Gasteiger partial charge in [-0.2, -0.15) is 0 Å². The van der Waals surface area contributed by atoms with Crippen LogP contribution in [0, 0.1) is 12.8 Å². The molecule has 7 nitrogen and oxygen atoms in total. The van der Waals surface area contributed by atoms with E-state index in [1.54, 1.807) is 30.3 Å². The van der Waals surface area contributed by atoms with E-state index >= 15 is 0 Å². The van der Waals surface area contributed by atoms with E-state index in [-0.39, 0.29) is 41.3 Å². The van der Waals surface area contributed by atoms with Crippen molar-refractivity contribution < 1.29 is 33.6 Å². The molecule has 0 unspecified atom stereocenters. The van der Waals surface area contributed by atoms with Gasteiger partial charge >= 0.3 is 11.9 Å². The first-order valence-corrected chi connectivity index (χ1v) is 14.4. The molecule has 5 rings (SSSR count). The molecule has 2 aliphatic rings. The summed E-state index contributed by atoms with van der Waals surface area (Å²) < 4.78 is 23.8. The maximum Gasteiger partial charge on any atom is 0.346 e. The smallest absolute Gasteiger partial charge is 0.346 e. The van der Waals surface area contributed by atoms with Gasteiger partial charge in [0.2, 0.25) is 0 Å². The Balaban J connectivity index is 1.55. The van der Waals surface area contributed by atoms with Gasteiger partial charge < -0.3 is 24.1 Å². The first-order valence-electron chi connectivity index (χ1n) is 14.0. The maximum atomic E-state index is 13.9. The lowest BCUT2D eigenvalue weighted by molar-refractivity contribution is -0.141. The molecule has 1 aliphatic heterocycles. The lowest BCUT2D eigenvalue weighted by Crippen LogP contribution is -2.36. The van der Waals surface area contributed by atoms with Gasteiger partial charge in [-0.3, -0.25) is 4.79 Å². The number of aliphatic hydroxyl groups excluding tert-OH is 1. The third kappa shape index (κ3) is 5.66. The summed E-state index contributed by atoms with van der Waals surface area (Å²) in [5, 5.41) is 11.5. The minimum atomic E-state index is -0.838. The average molecular weight is 579 g/mol. The van der Waals surface area contributed by atoms with Crippen LogP contribution < -0.4 is 14.2 Å². The summed E-state index contributed by atoms with van der Waals surface area (Å²) in [6, 6.07) is 14.3. The molecule has 1 aliphatic carbocycles. The standard InChI is InChI=1S/C33H35ClO7/c1-19(2)15-25(35)24-11-12-26-28(30(24)38-4)31(36)39-18-21-16-20(3)17-27(29(21)40-26)41-32(37)33(13-5-6-14-33)22-7-9-23(34)10-8-22/h7-12,16-17,19,25,35H,5-6,13-15,18H2,1-4H3/t25-/m0/s1. The van der Waals surface area contributed by atoms with Crippen molar-refractivity contribution in [1.29, 1.82) is 0 Å². The fourth-order valence-corrected chi connectivity index (χ4v) is 6.03. The zero-order chi connectivity index (χ0) is 29.3. The fraction of sp³-hybridized carbons (Fsp3) is 0.394. The number of esters is 2. The molecule has 0 aromatic heterocycles. The van der Waals surface area contributed by atoms with Crippen molar-refractivity contribution in [1.82, 2.24) is 0 Å². The molecule has 1 saturated carbocycles. The largest absolute Gasteiger partial charge is 0.495 e. The van der Waals surface area contributed by atoms with Gasteiger partial charge in [0.15, 0.2) is 11.5 Å². The molecule has 8 heteroatoms. The van der Waals surface area contributed by atoms with E-state index in [4.69, 9.17) is 30.5 Å². The molecule has 3 aromatic carbocycles. The van der Waals surface area contributed by atoms with Gasteiger partial charge in [-0.1, -0.05) is 50.4 Å². The third-order valence-corrected chi connectivity index (χ3v) is 8.16. The molecule has 3 aromatic rings. The number of cyclic esters (lactones) is 1. The lowest BCUT2D eigenvalue weighted by atomic mass is 9.79. The number of fused-ring (bicyclic) bond motifs is 2. The number of hydrogen-bond donors (Lipinski definition) is 1. The van der Waals surface area contributed by atoms with Crippen LogP contribution in [0.3, 0.4) is 0 Å². The Morgan fingerprint density at radius 1 is 1.10 bits per heavy atom. The summed E-state index contributed by atoms with van der Waals surface area (Å²) in [7, 11) is 1.44. The number of benzene rings is 3. The Morgan fingerprint density at radius 3 is 2.46 bits per heavy atom. The molecule has 1 atom stereocenters. The van der Waals surface area contributed by atoms with E-state index in [9.17, 15) is 14.7 Å². The van der Waals surface area contributed by atoms with Gasteiger partial charge in [0.1, 0.15) is 23.7 Å². The van der Waals surface area contributed by atoms with Crippen LogP contribution in [0.2, 0.25) is 5.02 Å². The van der Waals surface area contributed by atoms with Crippen molar-refractivity contribution in [3.8, 4) is 23.0 Å². The summed E-state index contributed by atoms with van der Waals surface area (Å²) in [6.07, 6.45) is 2.81. The average Bonchev–Trinajstić information content (AvgIpc) is 3.43. The van der Waals surface area contributed by atoms with Crippen LogP contribution in [0.5, 0.6) is 23.0 Å². The number of methoxy groups -OCH3 is 1. The van der Waals surface area contributed by atoms with Crippen LogP contribution in [0.1, 0.15) is 84.7 Å². The third-order valence-electron chi connectivity index (χ3n) is 7.91. The van der Waals surface area contributed by atoms with Crippen molar-refractivity contribution in [2.24, 2.45) is 5.92 Å². The maximum absolute atomic E-state index is 13.9. The summed E-state index contributed by atoms with van der Waals surface area (Å²) >= 11 is 6.13. The van der Waals surface area contributed by atoms with Gasteiger partial charge in [0, 0.05) is 16.1 Å². The normalized spacial score (nSPS) is 16.5. The summed E-state index contributed by atoms with van der Waals surface area (Å²) in [5.41, 5.74) is 2.02. The number of halogens is 1. The predicted octanol–water partition coefficient (Wildman–Crippen LogP) is 7.62. The second-order valence-electron chi connectivity index (χ2n) is 11.3. The fourth-order valence-electron chi connectivity index (χ4n) is 5.91. The Hall–Kier alpha value is -3.55. The molecule has 1 fully saturated rings. The first kappa shape index (κ1) is 29.0. The topological polar surface area (TPSA) is 91.3 Å². The van der Waals surface area contributed by atoms with Crippen molar-refractivity contribution in [3.63, 3.8) is 0 Å². The molecule has 0 amide bonds. The van der Waals surface area contributed by atoms with Crippen LogP contribution in [0.25, 0.3) is 0 Å². The van der Waals surface area contributed by atoms with Crippen LogP contribution in [-0.2, 0) is 21.6 Å². The number of rotatable bonds is 7. The molecule has 0 radical (unpaired) electrons. The van der Waals surface area contributed by atoms with Crippen LogP contribution >= 0.6 is 11.6 Å². The first-order chi connectivity index (χ1) is 19.6. The highest BCUT2D eigenvalue weighted by Crippen LogP contribution is 2.47. The van der Waals surface area contributed by atoms with E-state index in [0.29, 0.717) is 41.2 Å². The van der Waals surface area contributed by atoms with Crippen LogP contribution in [0.4, 0.5) is 0 Å². The number of ether oxygens (including phenoxy) is 4. The number of carbonyl (C=O) groups is 2. The highest BCUT2D eigenvalue weighted by Gasteiger charge is 2.45. The highest BCUT2D eigenvalue weighted by molar-refractivity contribution is 6.30. The van der Waals surface area contributed by atoms with Crippen LogP contribution in [-0.4, -0.2) is 24.2 Å². The van der Waals surface area contributed by atoms with E-state index in [1.807, 2.05) is 39.0 Å². The van der Waals surface area contributed by atoms with Crippen molar-refractivity contribution in [2.45, 2.75) is 71.0 Å². The van der Waals surface area contributed by atoms with E-state index in [2.05, 4.69) is 0 Å². The van der Waals surface area contributed by atoms with Gasteiger partial charge in [0.05, 0.1) is 18.6 Å². The molecule has 41 heavy (non-hydrogen) atoms. The van der Waals surface area contributed by atoms with Gasteiger partial charge in [-0.05, 0) is 79.6 Å². The SMILES string of the molecule is COc1c([C@@H](O)CC(C)C)ccc2c1C(=O)OCc1cc(C)cc(OC(=O)C3(c4ccc(Cl)cc4)CCCC3)c1O2. The molecule has 1 heterocycles. The summed E-state index contributed by atoms with van der Waals surface area (Å²) in [5.74, 6) is 0.150. The van der Waals surface area contributed by atoms with E-state index < -0.39 is 17.5 Å². The second kappa shape index (κ2) is 11.7. The van der Waals surface area contributed by atoms with E-state index in [1.165, 1.54) is 7.11 Å². The lowest BCUT2D eigenvalue weighted by Gasteiger charge is -2.28. The zero-order valence-electron chi connectivity index (χ0n) is 23.8. The Kier molecular flexibility index (Phi) is 8.30. The number of carbonyl (C=O) groups excluding carboxylic acids is 2. The molecular weight excluding hydrogens is 544 g/mol. The molecule has 216 valence electrons. The van der Waals surface area contributed by atoms with Crippen LogP contribution in [0.15, 0.2) is 48.5 Å². The molecular formula is C33H35ClO7. The minimum absolute atomic E-state index is 0.0738. The number of hydrogen-bond acceptors (Lipinski definition) is 7. The van der Waals surface area contributed by atoms with Gasteiger partial charge in [0.25, 0.3) is 0 Å². The Labute approximate surface area is 245 Å².